The van der Waals surface area contributed by atoms with Gasteiger partial charge in [0.2, 0.25) is 0 Å². The summed E-state index contributed by atoms with van der Waals surface area (Å²) in [7, 11) is 0. The van der Waals surface area contributed by atoms with Crippen LogP contribution in [0.15, 0.2) is 73.4 Å². The van der Waals surface area contributed by atoms with Crippen LogP contribution in [0, 0.1) is 0 Å². The van der Waals surface area contributed by atoms with Crippen molar-refractivity contribution >= 4 is 11.7 Å². The van der Waals surface area contributed by atoms with Crippen LogP contribution in [0.1, 0.15) is 16.2 Å². The molecule has 0 fully saturated rings. The fraction of sp³-hybridized carbons (Fsp3) is 0.100. The van der Waals surface area contributed by atoms with Crippen molar-refractivity contribution in [2.75, 3.05) is 11.9 Å². The Hall–Kier alpha value is -3.54. The van der Waals surface area contributed by atoms with Crippen molar-refractivity contribution in [3.05, 3.63) is 84.8 Å². The fourth-order valence-corrected chi connectivity index (χ4v) is 2.31. The molecule has 6 nitrogen and oxygen atoms in total. The average molecular weight is 345 g/mol. The minimum absolute atomic E-state index is 0.273. The van der Waals surface area contributed by atoms with E-state index in [2.05, 4.69) is 32.2 Å². The van der Waals surface area contributed by atoms with Crippen LogP contribution in [-0.2, 0) is 6.54 Å². The molecular weight excluding hydrogens is 326 g/mol. The van der Waals surface area contributed by atoms with Gasteiger partial charge >= 0.3 is 0 Å². The van der Waals surface area contributed by atoms with Crippen molar-refractivity contribution in [1.29, 1.82) is 0 Å². The molecule has 0 saturated carbocycles. The van der Waals surface area contributed by atoms with Crippen LogP contribution in [0.3, 0.4) is 0 Å². The van der Waals surface area contributed by atoms with Gasteiger partial charge in [-0.2, -0.15) is 0 Å². The zero-order chi connectivity index (χ0) is 18.2. The summed E-state index contributed by atoms with van der Waals surface area (Å²) in [5.74, 6) is 0.777. The summed E-state index contributed by atoms with van der Waals surface area (Å²) in [6, 6.07) is 16.9. The van der Waals surface area contributed by atoms with Crippen molar-refractivity contribution in [1.82, 2.24) is 20.3 Å². The van der Waals surface area contributed by atoms with E-state index in [9.17, 15) is 4.79 Å². The minimum atomic E-state index is -0.273. The van der Waals surface area contributed by atoms with Crippen LogP contribution in [0.4, 0.5) is 5.82 Å². The second-order valence-electron chi connectivity index (χ2n) is 5.50. The summed E-state index contributed by atoms with van der Waals surface area (Å²) < 4.78 is 0. The van der Waals surface area contributed by atoms with Gasteiger partial charge in [-0.3, -0.25) is 9.78 Å². The van der Waals surface area contributed by atoms with E-state index in [0.717, 1.165) is 11.3 Å². The number of aromatic nitrogens is 3. The van der Waals surface area contributed by atoms with Crippen molar-refractivity contribution < 1.29 is 4.79 Å². The number of benzene rings is 1. The third-order valence-electron chi connectivity index (χ3n) is 3.57. The molecule has 2 aromatic heterocycles. The smallest absolute Gasteiger partial charge is 0.270 e. The Balaban J connectivity index is 1.89. The Kier molecular flexibility index (Phi) is 5.67. The number of carbonyl (C=O) groups is 1. The van der Waals surface area contributed by atoms with Gasteiger partial charge in [0.15, 0.2) is 5.82 Å². The van der Waals surface area contributed by atoms with E-state index in [0.29, 0.717) is 30.4 Å². The number of hydrogen-bond donors (Lipinski definition) is 2. The monoisotopic (exact) mass is 345 g/mol. The largest absolute Gasteiger partial charge is 0.364 e. The molecule has 6 heteroatoms. The zero-order valence-corrected chi connectivity index (χ0v) is 14.2. The van der Waals surface area contributed by atoms with Crippen molar-refractivity contribution in [2.45, 2.75) is 6.54 Å². The van der Waals surface area contributed by atoms with E-state index in [4.69, 9.17) is 0 Å². The molecule has 0 saturated heterocycles. The number of pyridine rings is 1. The Morgan fingerprint density at radius 3 is 2.62 bits per heavy atom. The van der Waals surface area contributed by atoms with Crippen LogP contribution in [0.2, 0.25) is 0 Å². The SMILES string of the molecule is C=CCNC(=O)c1cc(NCc2ccccn2)nc(-c2ccccc2)n1. The summed E-state index contributed by atoms with van der Waals surface area (Å²) >= 11 is 0. The van der Waals surface area contributed by atoms with E-state index in [-0.39, 0.29) is 5.91 Å². The number of anilines is 1. The van der Waals surface area contributed by atoms with E-state index in [1.165, 1.54) is 0 Å². The number of carbonyl (C=O) groups excluding carboxylic acids is 1. The maximum atomic E-state index is 12.3. The molecule has 0 bridgehead atoms. The molecule has 26 heavy (non-hydrogen) atoms. The molecule has 1 aromatic carbocycles. The first-order valence-electron chi connectivity index (χ1n) is 8.23. The molecule has 2 heterocycles. The topological polar surface area (TPSA) is 79.8 Å². The maximum absolute atomic E-state index is 12.3. The van der Waals surface area contributed by atoms with Gasteiger partial charge in [-0.05, 0) is 12.1 Å². The summed E-state index contributed by atoms with van der Waals surface area (Å²) in [6.45, 7) is 4.48. The lowest BCUT2D eigenvalue weighted by molar-refractivity contribution is 0.0953. The molecule has 0 aliphatic heterocycles. The molecule has 0 radical (unpaired) electrons. The van der Waals surface area contributed by atoms with Crippen LogP contribution in [-0.4, -0.2) is 27.4 Å². The number of nitrogens with zero attached hydrogens (tertiary/aromatic N) is 3. The van der Waals surface area contributed by atoms with Crippen molar-refractivity contribution in [3.8, 4) is 11.4 Å². The summed E-state index contributed by atoms with van der Waals surface area (Å²) in [4.78, 5) is 25.5. The number of nitrogens with one attached hydrogen (secondary N) is 2. The van der Waals surface area contributed by atoms with Gasteiger partial charge in [-0.1, -0.05) is 42.5 Å². The normalized spacial score (nSPS) is 10.2. The first kappa shape index (κ1) is 17.3. The predicted molar refractivity (Wildman–Crippen MR) is 102 cm³/mol. The molecule has 2 N–H and O–H groups in total. The highest BCUT2D eigenvalue weighted by atomic mass is 16.1. The highest BCUT2D eigenvalue weighted by molar-refractivity contribution is 5.93. The molecule has 3 rings (SSSR count). The molecule has 0 aliphatic rings. The number of hydrogen-bond acceptors (Lipinski definition) is 5. The van der Waals surface area contributed by atoms with Crippen LogP contribution >= 0.6 is 0 Å². The molecule has 0 spiro atoms. The van der Waals surface area contributed by atoms with Crippen LogP contribution in [0.5, 0.6) is 0 Å². The number of amides is 1. The molecule has 130 valence electrons. The standard InChI is InChI=1S/C20H19N5O/c1-2-11-22-20(26)17-13-18(23-14-16-10-6-7-12-21-16)25-19(24-17)15-8-4-3-5-9-15/h2-10,12-13H,1,11,14H2,(H,22,26)(H,23,24,25). The van der Waals surface area contributed by atoms with Crippen LogP contribution < -0.4 is 10.6 Å². The van der Waals surface area contributed by atoms with Crippen molar-refractivity contribution in [2.24, 2.45) is 0 Å². The lowest BCUT2D eigenvalue weighted by Gasteiger charge is -2.10. The minimum Gasteiger partial charge on any atom is -0.364 e. The maximum Gasteiger partial charge on any atom is 0.270 e. The van der Waals surface area contributed by atoms with Gasteiger partial charge in [-0.15, -0.1) is 6.58 Å². The molecular formula is C20H19N5O. The second kappa shape index (κ2) is 8.53. The first-order chi connectivity index (χ1) is 12.8. The Labute approximate surface area is 152 Å². The highest BCUT2D eigenvalue weighted by Gasteiger charge is 2.12. The van der Waals surface area contributed by atoms with E-state index >= 15 is 0 Å². The quantitative estimate of drug-likeness (QED) is 0.643. The Bertz CT molecular complexity index is 881. The molecule has 1 amide bonds. The van der Waals surface area contributed by atoms with Gasteiger partial charge in [0.25, 0.3) is 5.91 Å². The lowest BCUT2D eigenvalue weighted by Crippen LogP contribution is -2.24. The molecule has 0 aliphatic carbocycles. The first-order valence-corrected chi connectivity index (χ1v) is 8.23. The molecule has 0 atom stereocenters. The number of rotatable bonds is 7. The van der Waals surface area contributed by atoms with Crippen LogP contribution in [0.25, 0.3) is 11.4 Å². The van der Waals surface area contributed by atoms with Gasteiger partial charge in [-0.25, -0.2) is 9.97 Å². The van der Waals surface area contributed by atoms with E-state index < -0.39 is 0 Å². The van der Waals surface area contributed by atoms with Crippen molar-refractivity contribution in [3.63, 3.8) is 0 Å². The average Bonchev–Trinajstić information content (AvgIpc) is 2.71. The molecule has 3 aromatic rings. The second-order valence-corrected chi connectivity index (χ2v) is 5.50. The summed E-state index contributed by atoms with van der Waals surface area (Å²) in [5.41, 5.74) is 2.01. The summed E-state index contributed by atoms with van der Waals surface area (Å²) in [5, 5.41) is 5.95. The third-order valence-corrected chi connectivity index (χ3v) is 3.57. The zero-order valence-electron chi connectivity index (χ0n) is 14.2. The highest BCUT2D eigenvalue weighted by Crippen LogP contribution is 2.18. The van der Waals surface area contributed by atoms with E-state index in [1.807, 2.05) is 48.5 Å². The van der Waals surface area contributed by atoms with Gasteiger partial charge in [0.05, 0.1) is 12.2 Å². The molecule has 0 unspecified atom stereocenters. The fourth-order valence-electron chi connectivity index (χ4n) is 2.31. The summed E-state index contributed by atoms with van der Waals surface area (Å²) in [6.07, 6.45) is 3.36. The Morgan fingerprint density at radius 2 is 1.88 bits per heavy atom. The van der Waals surface area contributed by atoms with Gasteiger partial charge in [0, 0.05) is 24.4 Å². The Morgan fingerprint density at radius 1 is 1.08 bits per heavy atom. The van der Waals surface area contributed by atoms with E-state index in [1.54, 1.807) is 18.3 Å². The predicted octanol–water partition coefficient (Wildman–Crippen LogP) is 3.07. The van der Waals surface area contributed by atoms with Gasteiger partial charge in [0.1, 0.15) is 11.5 Å². The third kappa shape index (κ3) is 4.51. The lowest BCUT2D eigenvalue weighted by atomic mass is 10.2. The van der Waals surface area contributed by atoms with Gasteiger partial charge < -0.3 is 10.6 Å².